The average Bonchev–Trinajstić information content (AvgIpc) is 3.06. The molecule has 0 radical (unpaired) electrons. The highest BCUT2D eigenvalue weighted by Crippen LogP contribution is 2.26. The molecular formula is C19H25N3OS2. The van der Waals surface area contributed by atoms with E-state index in [1.807, 2.05) is 54.3 Å². The van der Waals surface area contributed by atoms with Crippen molar-refractivity contribution >= 4 is 29.4 Å². The van der Waals surface area contributed by atoms with Crippen LogP contribution in [0.1, 0.15) is 19.3 Å². The van der Waals surface area contributed by atoms with Gasteiger partial charge in [0.2, 0.25) is 5.91 Å². The zero-order valence-corrected chi connectivity index (χ0v) is 16.3. The summed E-state index contributed by atoms with van der Waals surface area (Å²) in [5, 5.41) is 1.08. The molecule has 4 nitrogen and oxygen atoms in total. The number of carbonyl (C=O) groups excluding carboxylic acids is 1. The van der Waals surface area contributed by atoms with Gasteiger partial charge in [0.1, 0.15) is 0 Å². The Labute approximate surface area is 158 Å². The number of hydrogen-bond donors (Lipinski definition) is 0. The molecule has 2 heterocycles. The van der Waals surface area contributed by atoms with E-state index in [2.05, 4.69) is 21.7 Å². The Bertz CT molecular complexity index is 666. The number of aryl methyl sites for hydroxylation is 1. The van der Waals surface area contributed by atoms with Crippen molar-refractivity contribution < 1.29 is 4.79 Å². The molecule has 1 fully saturated rings. The second-order valence-corrected chi connectivity index (χ2v) is 8.52. The van der Waals surface area contributed by atoms with Gasteiger partial charge in [0.05, 0.1) is 0 Å². The molecule has 25 heavy (non-hydrogen) atoms. The second-order valence-electron chi connectivity index (χ2n) is 6.37. The van der Waals surface area contributed by atoms with Crippen molar-refractivity contribution in [3.05, 3.63) is 42.7 Å². The summed E-state index contributed by atoms with van der Waals surface area (Å²) in [6.45, 7) is 1.81. The molecule has 0 aliphatic carbocycles. The number of carbonyl (C=O) groups is 1. The molecule has 1 saturated heterocycles. The van der Waals surface area contributed by atoms with E-state index < -0.39 is 0 Å². The minimum atomic E-state index is 0.304. The van der Waals surface area contributed by atoms with Crippen LogP contribution in [0.5, 0.6) is 0 Å². The van der Waals surface area contributed by atoms with Gasteiger partial charge in [-0.25, -0.2) is 4.98 Å². The van der Waals surface area contributed by atoms with Crippen molar-refractivity contribution in [1.82, 2.24) is 14.5 Å². The number of imidazole rings is 1. The molecule has 2 aromatic rings. The van der Waals surface area contributed by atoms with E-state index in [9.17, 15) is 4.79 Å². The van der Waals surface area contributed by atoms with Crippen LogP contribution < -0.4 is 0 Å². The van der Waals surface area contributed by atoms with Crippen LogP contribution in [-0.4, -0.2) is 45.0 Å². The Morgan fingerprint density at radius 1 is 1.20 bits per heavy atom. The smallest absolute Gasteiger partial charge is 0.223 e. The maximum Gasteiger partial charge on any atom is 0.223 e. The zero-order valence-electron chi connectivity index (χ0n) is 14.6. The van der Waals surface area contributed by atoms with Crippen LogP contribution in [-0.2, 0) is 11.8 Å². The topological polar surface area (TPSA) is 38.1 Å². The number of aromatic nitrogens is 2. The summed E-state index contributed by atoms with van der Waals surface area (Å²) in [7, 11) is 2.03. The number of likely N-dealkylation sites (tertiary alicyclic amines) is 1. The highest BCUT2D eigenvalue weighted by molar-refractivity contribution is 7.99. The average molecular weight is 376 g/mol. The molecule has 1 aliphatic heterocycles. The molecule has 1 aromatic carbocycles. The van der Waals surface area contributed by atoms with Crippen LogP contribution in [0.3, 0.4) is 0 Å². The highest BCUT2D eigenvalue weighted by Gasteiger charge is 2.22. The fourth-order valence-corrected chi connectivity index (χ4v) is 4.94. The number of rotatable bonds is 7. The van der Waals surface area contributed by atoms with Gasteiger partial charge in [-0.2, -0.15) is 0 Å². The van der Waals surface area contributed by atoms with Gasteiger partial charge in [0, 0.05) is 55.4 Å². The SMILES string of the molecule is Cn1ccnc1SCC1CCN(C(=O)CCSc2ccccc2)CC1. The lowest BCUT2D eigenvalue weighted by atomic mass is 9.99. The van der Waals surface area contributed by atoms with E-state index in [0.29, 0.717) is 18.2 Å². The normalized spacial score (nSPS) is 15.5. The van der Waals surface area contributed by atoms with Gasteiger partial charge in [-0.1, -0.05) is 30.0 Å². The van der Waals surface area contributed by atoms with Crippen molar-refractivity contribution in [2.45, 2.75) is 29.3 Å². The number of piperidine rings is 1. The van der Waals surface area contributed by atoms with Crippen molar-refractivity contribution in [3.8, 4) is 0 Å². The maximum absolute atomic E-state index is 12.4. The standard InChI is InChI=1S/C19H25N3OS2/c1-21-13-10-20-19(21)25-15-16-7-11-22(12-8-16)18(23)9-14-24-17-5-3-2-4-6-17/h2-6,10,13,16H,7-9,11-12,14-15H2,1H3. The third-order valence-corrected chi connectivity index (χ3v) is 6.82. The first-order chi connectivity index (χ1) is 12.2. The van der Waals surface area contributed by atoms with E-state index in [1.165, 1.54) is 4.90 Å². The Balaban J connectivity index is 1.34. The number of amides is 1. The minimum Gasteiger partial charge on any atom is -0.343 e. The first-order valence-electron chi connectivity index (χ1n) is 8.78. The lowest BCUT2D eigenvalue weighted by Crippen LogP contribution is -2.39. The van der Waals surface area contributed by atoms with Gasteiger partial charge in [0.15, 0.2) is 5.16 Å². The predicted molar refractivity (Wildman–Crippen MR) is 105 cm³/mol. The van der Waals surface area contributed by atoms with Crippen molar-refractivity contribution in [2.75, 3.05) is 24.6 Å². The van der Waals surface area contributed by atoms with Crippen LogP contribution in [0.2, 0.25) is 0 Å². The second kappa shape index (κ2) is 9.34. The zero-order chi connectivity index (χ0) is 17.5. The largest absolute Gasteiger partial charge is 0.343 e. The molecule has 0 spiro atoms. The first-order valence-corrected chi connectivity index (χ1v) is 10.8. The monoisotopic (exact) mass is 375 g/mol. The van der Waals surface area contributed by atoms with Crippen LogP contribution in [0.25, 0.3) is 0 Å². The third-order valence-electron chi connectivity index (χ3n) is 4.52. The fraction of sp³-hybridized carbons (Fsp3) is 0.474. The molecule has 0 saturated carbocycles. The van der Waals surface area contributed by atoms with E-state index in [4.69, 9.17) is 0 Å². The van der Waals surface area contributed by atoms with E-state index in [-0.39, 0.29) is 0 Å². The van der Waals surface area contributed by atoms with E-state index in [0.717, 1.165) is 42.6 Å². The van der Waals surface area contributed by atoms with Crippen molar-refractivity contribution in [2.24, 2.45) is 13.0 Å². The number of nitrogens with zero attached hydrogens (tertiary/aromatic N) is 3. The molecule has 6 heteroatoms. The van der Waals surface area contributed by atoms with Gasteiger partial charge in [-0.3, -0.25) is 4.79 Å². The summed E-state index contributed by atoms with van der Waals surface area (Å²) in [6.07, 6.45) is 6.67. The summed E-state index contributed by atoms with van der Waals surface area (Å²) in [6, 6.07) is 10.3. The lowest BCUT2D eigenvalue weighted by Gasteiger charge is -2.32. The molecular weight excluding hydrogens is 350 g/mol. The summed E-state index contributed by atoms with van der Waals surface area (Å²) in [4.78, 5) is 20.0. The lowest BCUT2D eigenvalue weighted by molar-refractivity contribution is -0.132. The molecule has 0 bridgehead atoms. The Morgan fingerprint density at radius 2 is 1.96 bits per heavy atom. The summed E-state index contributed by atoms with van der Waals surface area (Å²) >= 11 is 3.59. The summed E-state index contributed by atoms with van der Waals surface area (Å²) < 4.78 is 2.06. The molecule has 0 atom stereocenters. The van der Waals surface area contributed by atoms with E-state index >= 15 is 0 Å². The molecule has 1 aliphatic rings. The first kappa shape index (κ1) is 18.4. The Hall–Kier alpha value is -1.40. The summed E-state index contributed by atoms with van der Waals surface area (Å²) in [5.41, 5.74) is 0. The Morgan fingerprint density at radius 3 is 2.64 bits per heavy atom. The van der Waals surface area contributed by atoms with Gasteiger partial charge < -0.3 is 9.47 Å². The molecule has 3 rings (SSSR count). The Kier molecular flexibility index (Phi) is 6.87. The van der Waals surface area contributed by atoms with Crippen LogP contribution in [0.15, 0.2) is 52.8 Å². The van der Waals surface area contributed by atoms with Crippen LogP contribution >= 0.6 is 23.5 Å². The number of thioether (sulfide) groups is 2. The third kappa shape index (κ3) is 5.54. The maximum atomic E-state index is 12.4. The van der Waals surface area contributed by atoms with Crippen LogP contribution in [0.4, 0.5) is 0 Å². The van der Waals surface area contributed by atoms with Gasteiger partial charge in [0.25, 0.3) is 0 Å². The molecule has 134 valence electrons. The fourth-order valence-electron chi connectivity index (χ4n) is 2.96. The molecule has 0 unspecified atom stereocenters. The quantitative estimate of drug-likeness (QED) is 0.687. The number of benzene rings is 1. The predicted octanol–water partition coefficient (Wildman–Crippen LogP) is 3.93. The molecule has 1 amide bonds. The van der Waals surface area contributed by atoms with Crippen molar-refractivity contribution in [1.29, 1.82) is 0 Å². The van der Waals surface area contributed by atoms with Crippen LogP contribution in [0, 0.1) is 5.92 Å². The summed E-state index contributed by atoms with van der Waals surface area (Å²) in [5.74, 6) is 2.94. The highest BCUT2D eigenvalue weighted by atomic mass is 32.2. The number of hydrogen-bond acceptors (Lipinski definition) is 4. The van der Waals surface area contributed by atoms with Gasteiger partial charge in [-0.05, 0) is 30.9 Å². The van der Waals surface area contributed by atoms with E-state index in [1.54, 1.807) is 11.8 Å². The molecule has 1 aromatic heterocycles. The minimum absolute atomic E-state index is 0.304. The van der Waals surface area contributed by atoms with Crippen molar-refractivity contribution in [3.63, 3.8) is 0 Å². The molecule has 0 N–H and O–H groups in total. The van der Waals surface area contributed by atoms with Gasteiger partial charge in [-0.15, -0.1) is 11.8 Å². The van der Waals surface area contributed by atoms with Gasteiger partial charge >= 0.3 is 0 Å².